The van der Waals surface area contributed by atoms with Crippen LogP contribution in [-0.2, 0) is 19.9 Å². The van der Waals surface area contributed by atoms with Gasteiger partial charge in [-0.1, -0.05) is 13.0 Å². The fraction of sp³-hybridized carbons (Fsp3) is 0.375. The Bertz CT molecular complexity index is 1050. The van der Waals surface area contributed by atoms with Crippen LogP contribution in [0.3, 0.4) is 0 Å². The van der Waals surface area contributed by atoms with Crippen molar-refractivity contribution in [2.45, 2.75) is 39.3 Å². The minimum atomic E-state index is -0.310. The van der Waals surface area contributed by atoms with Crippen LogP contribution in [0.15, 0.2) is 48.4 Å². The van der Waals surface area contributed by atoms with Crippen molar-refractivity contribution >= 4 is 5.57 Å². The second kappa shape index (κ2) is 8.98. The number of hydrogen-bond acceptors (Lipinski definition) is 5. The summed E-state index contributed by atoms with van der Waals surface area (Å²) in [6.07, 6.45) is 10.7. The van der Waals surface area contributed by atoms with Crippen LogP contribution in [0.1, 0.15) is 35.9 Å². The zero-order valence-corrected chi connectivity index (χ0v) is 18.4. The van der Waals surface area contributed by atoms with Gasteiger partial charge in [-0.05, 0) is 43.7 Å². The molecule has 0 bridgehead atoms. The van der Waals surface area contributed by atoms with Crippen molar-refractivity contribution in [2.24, 2.45) is 12.8 Å². The number of hydrogen-bond donors (Lipinski definition) is 2. The summed E-state index contributed by atoms with van der Waals surface area (Å²) in [5.41, 5.74) is 12.2. The van der Waals surface area contributed by atoms with E-state index in [1.54, 1.807) is 6.07 Å². The molecule has 1 aromatic carbocycles. The number of nitrogens with one attached hydrogen (secondary N) is 1. The maximum Gasteiger partial charge on any atom is 0.130 e. The minimum absolute atomic E-state index is 0.0936. The first-order valence-electron chi connectivity index (χ1n) is 10.8. The lowest BCUT2D eigenvalue weighted by molar-refractivity contribution is 0.318. The number of allylic oxidation sites excluding steroid dienone is 2. The van der Waals surface area contributed by atoms with E-state index in [2.05, 4.69) is 41.4 Å². The largest absolute Gasteiger partial charge is 0.492 e. The number of ether oxygens (including phenoxy) is 1. The smallest absolute Gasteiger partial charge is 0.130 e. The molecule has 1 aromatic heterocycles. The van der Waals surface area contributed by atoms with Gasteiger partial charge in [0.2, 0.25) is 0 Å². The molecule has 3 N–H and O–H groups in total. The third-order valence-electron chi connectivity index (χ3n) is 5.93. The Hall–Kier alpha value is -3.06. The third-order valence-corrected chi connectivity index (χ3v) is 5.93. The number of halogens is 1. The molecular weight excluding hydrogens is 393 g/mol. The lowest BCUT2D eigenvalue weighted by Crippen LogP contribution is -2.33. The highest BCUT2D eigenvalue weighted by atomic mass is 19.1. The standard InChI is InChI=1S/C24H30FN5O/c1-4-22-20(16(2)29(3)28-22)10-12-31-23-13-18(25)6-7-21(23)17-5-8-24-27-14-19(9-11-26)30(24)15-17/h5-8,13-15,24,27H,4,9-12,26H2,1-3H3. The van der Waals surface area contributed by atoms with Gasteiger partial charge in [-0.3, -0.25) is 4.68 Å². The molecule has 2 aliphatic rings. The van der Waals surface area contributed by atoms with Crippen LogP contribution < -0.4 is 15.8 Å². The first-order chi connectivity index (χ1) is 15.0. The van der Waals surface area contributed by atoms with Gasteiger partial charge in [-0.25, -0.2) is 4.39 Å². The topological polar surface area (TPSA) is 68.3 Å². The van der Waals surface area contributed by atoms with Crippen molar-refractivity contribution in [3.05, 3.63) is 76.8 Å². The number of aromatic nitrogens is 2. The number of nitrogens with zero attached hydrogens (tertiary/aromatic N) is 3. The maximum absolute atomic E-state index is 14.1. The summed E-state index contributed by atoms with van der Waals surface area (Å²) in [6.45, 7) is 5.22. The molecule has 7 heteroatoms. The summed E-state index contributed by atoms with van der Waals surface area (Å²) < 4.78 is 22.1. The Morgan fingerprint density at radius 3 is 2.90 bits per heavy atom. The van der Waals surface area contributed by atoms with Crippen LogP contribution in [0.2, 0.25) is 0 Å². The highest BCUT2D eigenvalue weighted by Crippen LogP contribution is 2.33. The van der Waals surface area contributed by atoms with Gasteiger partial charge in [0, 0.05) is 60.9 Å². The Morgan fingerprint density at radius 1 is 1.29 bits per heavy atom. The van der Waals surface area contributed by atoms with Gasteiger partial charge < -0.3 is 20.7 Å². The fourth-order valence-corrected chi connectivity index (χ4v) is 4.17. The van der Waals surface area contributed by atoms with Crippen molar-refractivity contribution in [3.63, 3.8) is 0 Å². The lowest BCUT2D eigenvalue weighted by atomic mass is 10.0. The molecule has 0 fully saturated rings. The summed E-state index contributed by atoms with van der Waals surface area (Å²) in [6, 6.07) is 4.72. The highest BCUT2D eigenvalue weighted by Gasteiger charge is 2.25. The number of fused-ring (bicyclic) bond motifs is 1. The summed E-state index contributed by atoms with van der Waals surface area (Å²) in [5, 5.41) is 7.91. The lowest BCUT2D eigenvalue weighted by Gasteiger charge is -2.28. The van der Waals surface area contributed by atoms with E-state index in [1.165, 1.54) is 17.7 Å². The second-order valence-corrected chi connectivity index (χ2v) is 7.86. The molecule has 3 heterocycles. The fourth-order valence-electron chi connectivity index (χ4n) is 4.17. The van der Waals surface area contributed by atoms with Gasteiger partial charge >= 0.3 is 0 Å². The first-order valence-corrected chi connectivity index (χ1v) is 10.8. The molecule has 1 unspecified atom stereocenters. The van der Waals surface area contributed by atoms with Crippen LogP contribution in [0, 0.1) is 12.7 Å². The van der Waals surface area contributed by atoms with Crippen molar-refractivity contribution in [2.75, 3.05) is 13.2 Å². The molecule has 2 aliphatic heterocycles. The Kier molecular flexibility index (Phi) is 6.13. The van der Waals surface area contributed by atoms with E-state index in [9.17, 15) is 4.39 Å². The Balaban J connectivity index is 1.54. The van der Waals surface area contributed by atoms with E-state index >= 15 is 0 Å². The molecule has 2 aromatic rings. The number of aryl methyl sites for hydroxylation is 2. The van der Waals surface area contributed by atoms with Crippen LogP contribution in [0.4, 0.5) is 4.39 Å². The van der Waals surface area contributed by atoms with Gasteiger partial charge in [0.05, 0.1) is 12.3 Å². The van der Waals surface area contributed by atoms with Crippen molar-refractivity contribution in [3.8, 4) is 5.75 Å². The molecule has 0 spiro atoms. The molecule has 0 amide bonds. The zero-order chi connectivity index (χ0) is 22.0. The summed E-state index contributed by atoms with van der Waals surface area (Å²) >= 11 is 0. The molecule has 0 aliphatic carbocycles. The SMILES string of the molecule is CCc1nn(C)c(C)c1CCOc1cc(F)ccc1C1=CN2C(CCN)=CNC2C=C1. The van der Waals surface area contributed by atoms with Gasteiger partial charge in [0.15, 0.2) is 0 Å². The summed E-state index contributed by atoms with van der Waals surface area (Å²) in [7, 11) is 1.96. The number of nitrogens with two attached hydrogens (primary N) is 1. The molecule has 164 valence electrons. The average Bonchev–Trinajstić information content (AvgIpc) is 3.29. The van der Waals surface area contributed by atoms with Gasteiger partial charge in [0.1, 0.15) is 17.7 Å². The van der Waals surface area contributed by atoms with E-state index in [-0.39, 0.29) is 12.0 Å². The molecule has 4 rings (SSSR count). The van der Waals surface area contributed by atoms with Gasteiger partial charge in [0.25, 0.3) is 0 Å². The third kappa shape index (κ3) is 4.23. The van der Waals surface area contributed by atoms with E-state index in [0.717, 1.165) is 47.5 Å². The van der Waals surface area contributed by atoms with E-state index < -0.39 is 0 Å². The van der Waals surface area contributed by atoms with Gasteiger partial charge in [-0.15, -0.1) is 0 Å². The minimum Gasteiger partial charge on any atom is -0.492 e. The van der Waals surface area contributed by atoms with E-state index in [4.69, 9.17) is 10.5 Å². The van der Waals surface area contributed by atoms with Crippen LogP contribution in [0.5, 0.6) is 5.75 Å². The normalized spacial score (nSPS) is 17.3. The molecular formula is C24H30FN5O. The van der Waals surface area contributed by atoms with Crippen LogP contribution in [0.25, 0.3) is 5.57 Å². The predicted octanol–water partition coefficient (Wildman–Crippen LogP) is 3.38. The Morgan fingerprint density at radius 2 is 2.13 bits per heavy atom. The maximum atomic E-state index is 14.1. The zero-order valence-electron chi connectivity index (χ0n) is 18.4. The summed E-state index contributed by atoms with van der Waals surface area (Å²) in [4.78, 5) is 2.17. The van der Waals surface area contributed by atoms with Crippen LogP contribution >= 0.6 is 0 Å². The molecule has 6 nitrogen and oxygen atoms in total. The van der Waals surface area contributed by atoms with Crippen molar-refractivity contribution in [1.82, 2.24) is 20.0 Å². The molecule has 0 saturated heterocycles. The summed E-state index contributed by atoms with van der Waals surface area (Å²) in [5.74, 6) is 0.237. The number of benzene rings is 1. The van der Waals surface area contributed by atoms with Gasteiger partial charge in [-0.2, -0.15) is 5.10 Å². The van der Waals surface area contributed by atoms with Crippen LogP contribution in [-0.4, -0.2) is 34.0 Å². The van der Waals surface area contributed by atoms with Crippen molar-refractivity contribution < 1.29 is 9.13 Å². The number of rotatable bonds is 8. The van der Waals surface area contributed by atoms with E-state index in [1.807, 2.05) is 24.0 Å². The molecule has 0 saturated carbocycles. The monoisotopic (exact) mass is 423 g/mol. The van der Waals surface area contributed by atoms with E-state index in [0.29, 0.717) is 18.9 Å². The highest BCUT2D eigenvalue weighted by molar-refractivity contribution is 5.78. The average molecular weight is 424 g/mol. The first kappa shape index (κ1) is 21.2. The molecule has 31 heavy (non-hydrogen) atoms. The second-order valence-electron chi connectivity index (χ2n) is 7.86. The molecule has 1 atom stereocenters. The van der Waals surface area contributed by atoms with Crippen molar-refractivity contribution in [1.29, 1.82) is 0 Å². The predicted molar refractivity (Wildman–Crippen MR) is 121 cm³/mol. The molecule has 0 radical (unpaired) electrons. The Labute approximate surface area is 182 Å². The quantitative estimate of drug-likeness (QED) is 0.681.